The standard InChI is InChI=1S/C19H22N6O/c1-13-16(24-8-4-3-7-18(24)22-13)10-19(26)25-9-5-6-15(25)14-11-21-12-17(20-2)23-14/h3-4,7-8,11-12,15H,5-6,9-10H2,1-2H3,(H,20,23). The third-order valence-corrected chi connectivity index (χ3v) is 4.97. The number of likely N-dealkylation sites (tertiary alicyclic amines) is 1. The summed E-state index contributed by atoms with van der Waals surface area (Å²) < 4.78 is 2.00. The minimum absolute atomic E-state index is 0.0113. The molecule has 1 aliphatic heterocycles. The first-order chi connectivity index (χ1) is 12.7. The number of nitrogens with zero attached hydrogens (tertiary/aromatic N) is 5. The van der Waals surface area contributed by atoms with Crippen LogP contribution in [0.15, 0.2) is 36.8 Å². The van der Waals surface area contributed by atoms with E-state index in [-0.39, 0.29) is 11.9 Å². The monoisotopic (exact) mass is 350 g/mol. The average Bonchev–Trinajstić information content (AvgIpc) is 3.27. The molecule has 1 fully saturated rings. The van der Waals surface area contributed by atoms with Gasteiger partial charge in [0.1, 0.15) is 11.5 Å². The Morgan fingerprint density at radius 2 is 2.19 bits per heavy atom. The lowest BCUT2D eigenvalue weighted by Gasteiger charge is -2.24. The Balaban J connectivity index is 1.59. The summed E-state index contributed by atoms with van der Waals surface area (Å²) >= 11 is 0. The molecule has 0 aromatic carbocycles. The van der Waals surface area contributed by atoms with Gasteiger partial charge >= 0.3 is 0 Å². The normalized spacial score (nSPS) is 17.0. The van der Waals surface area contributed by atoms with E-state index in [2.05, 4.69) is 20.3 Å². The van der Waals surface area contributed by atoms with Gasteiger partial charge in [-0.15, -0.1) is 0 Å². The number of anilines is 1. The summed E-state index contributed by atoms with van der Waals surface area (Å²) in [6, 6.07) is 5.86. The van der Waals surface area contributed by atoms with Crippen LogP contribution >= 0.6 is 0 Å². The molecule has 1 saturated heterocycles. The summed E-state index contributed by atoms with van der Waals surface area (Å²) in [5.41, 5.74) is 3.57. The molecule has 1 aliphatic rings. The third kappa shape index (κ3) is 2.89. The van der Waals surface area contributed by atoms with E-state index in [1.54, 1.807) is 12.4 Å². The van der Waals surface area contributed by atoms with Crippen molar-refractivity contribution in [2.75, 3.05) is 18.9 Å². The van der Waals surface area contributed by atoms with Crippen LogP contribution in [0, 0.1) is 6.92 Å². The lowest BCUT2D eigenvalue weighted by atomic mass is 10.1. The zero-order valence-electron chi connectivity index (χ0n) is 15.0. The van der Waals surface area contributed by atoms with Crippen molar-refractivity contribution in [2.45, 2.75) is 32.2 Å². The molecule has 1 N–H and O–H groups in total. The number of imidazole rings is 1. The van der Waals surface area contributed by atoms with E-state index in [9.17, 15) is 4.79 Å². The molecule has 1 atom stereocenters. The van der Waals surface area contributed by atoms with E-state index < -0.39 is 0 Å². The highest BCUT2D eigenvalue weighted by atomic mass is 16.2. The predicted octanol–water partition coefficient (Wildman–Crippen LogP) is 2.38. The van der Waals surface area contributed by atoms with Crippen LogP contribution in [0.2, 0.25) is 0 Å². The summed E-state index contributed by atoms with van der Waals surface area (Å²) in [6.45, 7) is 2.71. The van der Waals surface area contributed by atoms with Crippen molar-refractivity contribution in [3.05, 3.63) is 53.9 Å². The van der Waals surface area contributed by atoms with Crippen LogP contribution in [0.1, 0.15) is 36.0 Å². The van der Waals surface area contributed by atoms with Crippen LogP contribution in [0.5, 0.6) is 0 Å². The maximum Gasteiger partial charge on any atom is 0.229 e. The number of rotatable bonds is 4. The highest BCUT2D eigenvalue weighted by Crippen LogP contribution is 2.31. The molecule has 26 heavy (non-hydrogen) atoms. The highest BCUT2D eigenvalue weighted by molar-refractivity contribution is 5.79. The molecule has 7 nitrogen and oxygen atoms in total. The molecule has 0 spiro atoms. The average molecular weight is 350 g/mol. The van der Waals surface area contributed by atoms with Gasteiger partial charge in [-0.2, -0.15) is 0 Å². The van der Waals surface area contributed by atoms with Crippen molar-refractivity contribution >= 4 is 17.4 Å². The minimum Gasteiger partial charge on any atom is -0.372 e. The second-order valence-corrected chi connectivity index (χ2v) is 6.57. The molecular weight excluding hydrogens is 328 g/mol. The summed E-state index contributed by atoms with van der Waals surface area (Å²) in [5.74, 6) is 0.831. The van der Waals surface area contributed by atoms with Crippen molar-refractivity contribution < 1.29 is 4.79 Å². The fraction of sp³-hybridized carbons (Fsp3) is 0.368. The number of pyridine rings is 1. The molecule has 0 bridgehead atoms. The molecule has 3 aromatic heterocycles. The number of nitrogens with one attached hydrogen (secondary N) is 1. The molecule has 1 amide bonds. The van der Waals surface area contributed by atoms with Gasteiger partial charge in [0, 0.05) is 19.8 Å². The van der Waals surface area contributed by atoms with E-state index in [0.29, 0.717) is 6.42 Å². The Labute approximate surface area is 152 Å². The Hall–Kier alpha value is -2.96. The predicted molar refractivity (Wildman–Crippen MR) is 98.9 cm³/mol. The summed E-state index contributed by atoms with van der Waals surface area (Å²) in [4.78, 5) is 28.4. The van der Waals surface area contributed by atoms with E-state index >= 15 is 0 Å². The van der Waals surface area contributed by atoms with Gasteiger partial charge in [0.25, 0.3) is 0 Å². The van der Waals surface area contributed by atoms with Gasteiger partial charge < -0.3 is 14.6 Å². The topological polar surface area (TPSA) is 75.4 Å². The van der Waals surface area contributed by atoms with Gasteiger partial charge in [0.2, 0.25) is 5.91 Å². The first-order valence-electron chi connectivity index (χ1n) is 8.89. The van der Waals surface area contributed by atoms with Crippen molar-refractivity contribution in [1.29, 1.82) is 0 Å². The highest BCUT2D eigenvalue weighted by Gasteiger charge is 2.32. The molecule has 0 saturated carbocycles. The van der Waals surface area contributed by atoms with Crippen LogP contribution in [-0.2, 0) is 11.2 Å². The van der Waals surface area contributed by atoms with Crippen molar-refractivity contribution in [3.8, 4) is 0 Å². The number of hydrogen-bond donors (Lipinski definition) is 1. The number of amides is 1. The number of fused-ring (bicyclic) bond motifs is 1. The first kappa shape index (κ1) is 16.5. The summed E-state index contributed by atoms with van der Waals surface area (Å²) in [6.07, 6.45) is 7.64. The second-order valence-electron chi connectivity index (χ2n) is 6.57. The van der Waals surface area contributed by atoms with Gasteiger partial charge in [0.15, 0.2) is 0 Å². The number of carbonyl (C=O) groups excluding carboxylic acids is 1. The number of hydrogen-bond acceptors (Lipinski definition) is 5. The van der Waals surface area contributed by atoms with Crippen LogP contribution in [0.25, 0.3) is 5.65 Å². The molecule has 7 heteroatoms. The summed E-state index contributed by atoms with van der Waals surface area (Å²) in [5, 5.41) is 3.01. The molecule has 4 heterocycles. The van der Waals surface area contributed by atoms with Crippen LogP contribution in [-0.4, -0.2) is 43.8 Å². The molecule has 3 aromatic rings. The zero-order chi connectivity index (χ0) is 18.1. The largest absolute Gasteiger partial charge is 0.372 e. The molecular formula is C19H22N6O. The van der Waals surface area contributed by atoms with Gasteiger partial charge in [-0.05, 0) is 31.9 Å². The molecule has 0 aliphatic carbocycles. The molecule has 134 valence electrons. The minimum atomic E-state index is -0.0113. The number of aromatic nitrogens is 4. The maximum absolute atomic E-state index is 13.1. The van der Waals surface area contributed by atoms with Gasteiger partial charge in [-0.1, -0.05) is 6.07 Å². The smallest absolute Gasteiger partial charge is 0.229 e. The molecule has 4 rings (SSSR count). The lowest BCUT2D eigenvalue weighted by molar-refractivity contribution is -0.131. The van der Waals surface area contributed by atoms with Gasteiger partial charge in [-0.3, -0.25) is 9.78 Å². The van der Waals surface area contributed by atoms with E-state index in [4.69, 9.17) is 0 Å². The lowest BCUT2D eigenvalue weighted by Crippen LogP contribution is -2.32. The SMILES string of the molecule is CNc1cncc(C2CCCN2C(=O)Cc2c(C)nc3ccccn23)n1. The Morgan fingerprint density at radius 1 is 1.31 bits per heavy atom. The number of aryl methyl sites for hydroxylation is 1. The first-order valence-corrected chi connectivity index (χ1v) is 8.89. The molecule has 1 unspecified atom stereocenters. The second kappa shape index (κ2) is 6.74. The van der Waals surface area contributed by atoms with Crippen molar-refractivity contribution in [1.82, 2.24) is 24.3 Å². The number of carbonyl (C=O) groups is 1. The quantitative estimate of drug-likeness (QED) is 0.782. The fourth-order valence-corrected chi connectivity index (χ4v) is 3.66. The van der Waals surface area contributed by atoms with Gasteiger partial charge in [0.05, 0.1) is 41.9 Å². The zero-order valence-corrected chi connectivity index (χ0v) is 15.0. The van der Waals surface area contributed by atoms with Crippen molar-refractivity contribution in [3.63, 3.8) is 0 Å². The van der Waals surface area contributed by atoms with E-state index in [1.807, 2.05) is 47.7 Å². The maximum atomic E-state index is 13.1. The fourth-order valence-electron chi connectivity index (χ4n) is 3.66. The van der Waals surface area contributed by atoms with Crippen LogP contribution in [0.3, 0.4) is 0 Å². The van der Waals surface area contributed by atoms with Crippen molar-refractivity contribution in [2.24, 2.45) is 0 Å². The van der Waals surface area contributed by atoms with Gasteiger partial charge in [-0.25, -0.2) is 9.97 Å². The third-order valence-electron chi connectivity index (χ3n) is 4.97. The summed E-state index contributed by atoms with van der Waals surface area (Å²) in [7, 11) is 1.82. The Morgan fingerprint density at radius 3 is 3.04 bits per heavy atom. The molecule has 0 radical (unpaired) electrons. The van der Waals surface area contributed by atoms with Crippen LogP contribution in [0.4, 0.5) is 5.82 Å². The Kier molecular flexibility index (Phi) is 4.28. The van der Waals surface area contributed by atoms with Crippen LogP contribution < -0.4 is 5.32 Å². The van der Waals surface area contributed by atoms with E-state index in [1.165, 1.54) is 0 Å². The Bertz CT molecular complexity index is 950. The van der Waals surface area contributed by atoms with E-state index in [0.717, 1.165) is 47.9 Å².